The largest absolute Gasteiger partial charge is 0.487 e. The van der Waals surface area contributed by atoms with Crippen molar-refractivity contribution < 1.29 is 14.6 Å². The number of halogens is 1. The molecule has 0 aliphatic carbocycles. The van der Waals surface area contributed by atoms with Crippen LogP contribution < -0.4 is 10.5 Å². The first kappa shape index (κ1) is 13.4. The van der Waals surface area contributed by atoms with Crippen molar-refractivity contribution in [2.45, 2.75) is 6.61 Å². The molecule has 0 fully saturated rings. The van der Waals surface area contributed by atoms with Crippen molar-refractivity contribution in [2.24, 2.45) is 0 Å². The van der Waals surface area contributed by atoms with Crippen LogP contribution >= 0.6 is 15.9 Å². The smallest absolute Gasteiger partial charge is 0.335 e. The normalized spacial score (nSPS) is 10.2. The van der Waals surface area contributed by atoms with E-state index in [-0.39, 0.29) is 5.56 Å². The van der Waals surface area contributed by atoms with E-state index >= 15 is 0 Å². The van der Waals surface area contributed by atoms with Crippen molar-refractivity contribution >= 4 is 27.6 Å². The van der Waals surface area contributed by atoms with Crippen LogP contribution in [-0.4, -0.2) is 11.1 Å². The number of rotatable bonds is 4. The van der Waals surface area contributed by atoms with Crippen LogP contribution in [0, 0.1) is 0 Å². The van der Waals surface area contributed by atoms with Gasteiger partial charge in [-0.2, -0.15) is 0 Å². The molecule has 0 bridgehead atoms. The molecule has 5 heteroatoms. The maximum absolute atomic E-state index is 10.9. The zero-order valence-corrected chi connectivity index (χ0v) is 11.6. The maximum Gasteiger partial charge on any atom is 0.335 e. The minimum absolute atomic E-state index is 0.151. The molecule has 0 radical (unpaired) electrons. The number of hydrogen-bond donors (Lipinski definition) is 2. The Hall–Kier alpha value is -2.01. The molecule has 0 aliphatic rings. The molecule has 0 heterocycles. The summed E-state index contributed by atoms with van der Waals surface area (Å²) in [5.41, 5.74) is 7.29. The first-order valence-corrected chi connectivity index (χ1v) is 6.35. The van der Waals surface area contributed by atoms with Crippen LogP contribution in [0.2, 0.25) is 0 Å². The van der Waals surface area contributed by atoms with Crippen molar-refractivity contribution in [3.8, 4) is 5.75 Å². The summed E-state index contributed by atoms with van der Waals surface area (Å²) >= 11 is 3.38. The molecule has 98 valence electrons. The van der Waals surface area contributed by atoms with E-state index in [1.807, 2.05) is 24.3 Å². The van der Waals surface area contributed by atoms with Crippen LogP contribution in [0.15, 0.2) is 46.9 Å². The number of carboxylic acids is 1. The van der Waals surface area contributed by atoms with E-state index in [1.165, 1.54) is 18.2 Å². The standard InChI is InChI=1S/C14H12BrNO3/c15-11-3-1-2-9(6-11)8-19-13-7-10(14(17)18)4-5-12(13)16/h1-7H,8,16H2,(H,17,18). The molecule has 0 saturated heterocycles. The Balaban J connectivity index is 2.15. The van der Waals surface area contributed by atoms with Gasteiger partial charge in [-0.3, -0.25) is 0 Å². The summed E-state index contributed by atoms with van der Waals surface area (Å²) in [6.45, 7) is 0.326. The van der Waals surface area contributed by atoms with Crippen molar-refractivity contribution in [3.05, 3.63) is 58.1 Å². The minimum Gasteiger partial charge on any atom is -0.487 e. The molecule has 0 saturated carbocycles. The van der Waals surface area contributed by atoms with Gasteiger partial charge in [-0.05, 0) is 35.9 Å². The van der Waals surface area contributed by atoms with Gasteiger partial charge in [0, 0.05) is 4.47 Å². The predicted octanol–water partition coefficient (Wildman–Crippen LogP) is 3.31. The monoisotopic (exact) mass is 321 g/mol. The molecule has 3 N–H and O–H groups in total. The number of hydrogen-bond acceptors (Lipinski definition) is 3. The fourth-order valence-electron chi connectivity index (χ4n) is 1.58. The average molecular weight is 322 g/mol. The second-order valence-electron chi connectivity index (χ2n) is 3.98. The number of aromatic carboxylic acids is 1. The van der Waals surface area contributed by atoms with Crippen LogP contribution in [0.5, 0.6) is 5.75 Å². The van der Waals surface area contributed by atoms with Gasteiger partial charge in [0.05, 0.1) is 11.3 Å². The van der Waals surface area contributed by atoms with E-state index < -0.39 is 5.97 Å². The highest BCUT2D eigenvalue weighted by molar-refractivity contribution is 9.10. The van der Waals surface area contributed by atoms with E-state index in [2.05, 4.69) is 15.9 Å². The Morgan fingerprint density at radius 2 is 2.05 bits per heavy atom. The Morgan fingerprint density at radius 1 is 1.26 bits per heavy atom. The Kier molecular flexibility index (Phi) is 4.06. The Labute approximate surface area is 118 Å². The Morgan fingerprint density at radius 3 is 2.74 bits per heavy atom. The van der Waals surface area contributed by atoms with Crippen molar-refractivity contribution in [2.75, 3.05) is 5.73 Å². The third-order valence-corrected chi connectivity index (χ3v) is 3.04. The zero-order chi connectivity index (χ0) is 13.8. The third-order valence-electron chi connectivity index (χ3n) is 2.54. The SMILES string of the molecule is Nc1ccc(C(=O)O)cc1OCc1cccc(Br)c1. The van der Waals surface area contributed by atoms with E-state index in [0.29, 0.717) is 18.0 Å². The molecule has 0 atom stereocenters. The molecule has 0 aliphatic heterocycles. The van der Waals surface area contributed by atoms with Gasteiger partial charge in [0.15, 0.2) is 0 Å². The van der Waals surface area contributed by atoms with Gasteiger partial charge in [-0.1, -0.05) is 28.1 Å². The van der Waals surface area contributed by atoms with Gasteiger partial charge in [0.25, 0.3) is 0 Å². The molecular formula is C14H12BrNO3. The summed E-state index contributed by atoms with van der Waals surface area (Å²) < 4.78 is 6.52. The van der Waals surface area contributed by atoms with E-state index in [4.69, 9.17) is 15.6 Å². The molecule has 0 unspecified atom stereocenters. The maximum atomic E-state index is 10.9. The molecule has 0 amide bonds. The van der Waals surface area contributed by atoms with Gasteiger partial charge in [0.2, 0.25) is 0 Å². The number of carboxylic acid groups (broad SMARTS) is 1. The van der Waals surface area contributed by atoms with Gasteiger partial charge < -0.3 is 15.6 Å². The van der Waals surface area contributed by atoms with E-state index in [1.54, 1.807) is 0 Å². The predicted molar refractivity (Wildman–Crippen MR) is 76.3 cm³/mol. The lowest BCUT2D eigenvalue weighted by Crippen LogP contribution is -2.02. The van der Waals surface area contributed by atoms with Crippen molar-refractivity contribution in [1.29, 1.82) is 0 Å². The van der Waals surface area contributed by atoms with Crippen LogP contribution in [0.3, 0.4) is 0 Å². The fraction of sp³-hybridized carbons (Fsp3) is 0.0714. The van der Waals surface area contributed by atoms with Crippen LogP contribution in [0.1, 0.15) is 15.9 Å². The number of carbonyl (C=O) groups is 1. The number of nitrogens with two attached hydrogens (primary N) is 1. The average Bonchev–Trinajstić information content (AvgIpc) is 2.37. The lowest BCUT2D eigenvalue weighted by molar-refractivity contribution is 0.0696. The summed E-state index contributed by atoms with van der Waals surface area (Å²) in [6, 6.07) is 12.1. The summed E-state index contributed by atoms with van der Waals surface area (Å²) in [7, 11) is 0. The van der Waals surface area contributed by atoms with Crippen LogP contribution in [0.25, 0.3) is 0 Å². The molecule has 19 heavy (non-hydrogen) atoms. The highest BCUT2D eigenvalue weighted by atomic mass is 79.9. The van der Waals surface area contributed by atoms with Crippen molar-refractivity contribution in [1.82, 2.24) is 0 Å². The van der Waals surface area contributed by atoms with E-state index in [0.717, 1.165) is 10.0 Å². The first-order valence-electron chi connectivity index (χ1n) is 5.56. The topological polar surface area (TPSA) is 72.6 Å². The molecule has 2 rings (SSSR count). The number of benzene rings is 2. The van der Waals surface area contributed by atoms with Gasteiger partial charge in [0.1, 0.15) is 12.4 Å². The number of anilines is 1. The van der Waals surface area contributed by atoms with Gasteiger partial charge in [-0.25, -0.2) is 4.79 Å². The molecule has 2 aromatic rings. The minimum atomic E-state index is -1.01. The first-order chi connectivity index (χ1) is 9.06. The summed E-state index contributed by atoms with van der Waals surface area (Å²) in [4.78, 5) is 10.9. The Bertz CT molecular complexity index is 613. The highest BCUT2D eigenvalue weighted by Crippen LogP contribution is 2.24. The second kappa shape index (κ2) is 5.75. The number of ether oxygens (including phenoxy) is 1. The van der Waals surface area contributed by atoms with Crippen LogP contribution in [0.4, 0.5) is 5.69 Å². The van der Waals surface area contributed by atoms with Crippen molar-refractivity contribution in [3.63, 3.8) is 0 Å². The lowest BCUT2D eigenvalue weighted by Gasteiger charge is -2.10. The quantitative estimate of drug-likeness (QED) is 0.847. The molecular weight excluding hydrogens is 310 g/mol. The summed E-state index contributed by atoms with van der Waals surface area (Å²) in [5.74, 6) is -0.632. The fourth-order valence-corrected chi connectivity index (χ4v) is 2.03. The zero-order valence-electron chi connectivity index (χ0n) is 9.97. The molecule has 0 spiro atoms. The lowest BCUT2D eigenvalue weighted by atomic mass is 10.2. The number of nitrogen functional groups attached to an aromatic ring is 1. The van der Waals surface area contributed by atoms with Gasteiger partial charge in [-0.15, -0.1) is 0 Å². The highest BCUT2D eigenvalue weighted by Gasteiger charge is 2.08. The summed E-state index contributed by atoms with van der Waals surface area (Å²) in [6.07, 6.45) is 0. The van der Waals surface area contributed by atoms with E-state index in [9.17, 15) is 4.79 Å². The van der Waals surface area contributed by atoms with Crippen LogP contribution in [-0.2, 0) is 6.61 Å². The van der Waals surface area contributed by atoms with Gasteiger partial charge >= 0.3 is 5.97 Å². The third kappa shape index (κ3) is 3.48. The second-order valence-corrected chi connectivity index (χ2v) is 4.89. The molecule has 2 aromatic carbocycles. The summed E-state index contributed by atoms with van der Waals surface area (Å²) in [5, 5.41) is 8.92. The molecule has 4 nitrogen and oxygen atoms in total. The molecule has 0 aromatic heterocycles.